The van der Waals surface area contributed by atoms with Crippen LogP contribution in [0.25, 0.3) is 0 Å². The minimum atomic E-state index is 0.874. The van der Waals surface area contributed by atoms with Crippen LogP contribution in [0.2, 0.25) is 0 Å². The van der Waals surface area contributed by atoms with E-state index >= 15 is 0 Å². The van der Waals surface area contributed by atoms with E-state index in [4.69, 9.17) is 5.73 Å². The van der Waals surface area contributed by atoms with E-state index in [9.17, 15) is 0 Å². The molecule has 0 saturated heterocycles. The van der Waals surface area contributed by atoms with Crippen LogP contribution >= 0.6 is 11.8 Å². The van der Waals surface area contributed by atoms with Crippen molar-refractivity contribution in [1.29, 1.82) is 0 Å². The number of benzene rings is 1. The lowest BCUT2D eigenvalue weighted by Crippen LogP contribution is -1.89. The minimum absolute atomic E-state index is 0.874. The van der Waals surface area contributed by atoms with Crippen LogP contribution in [-0.2, 0) is 0 Å². The lowest BCUT2D eigenvalue weighted by atomic mass is 10.2. The standard InChI is InChI=1S/C12H15NS/c1-3-4-5-8-14-12-7-6-10(2)9-11(12)13/h6-7,9H,5,8,13H2,1-2H3. The smallest absolute Gasteiger partial charge is 0.0454 e. The van der Waals surface area contributed by atoms with Crippen molar-refractivity contribution in [2.75, 3.05) is 11.5 Å². The topological polar surface area (TPSA) is 26.0 Å². The molecule has 0 aliphatic carbocycles. The van der Waals surface area contributed by atoms with Crippen LogP contribution in [0.5, 0.6) is 0 Å². The number of rotatable bonds is 3. The molecule has 1 aromatic rings. The maximum absolute atomic E-state index is 5.88. The first-order chi connectivity index (χ1) is 6.74. The number of hydrogen-bond donors (Lipinski definition) is 1. The molecule has 0 aliphatic heterocycles. The van der Waals surface area contributed by atoms with Crippen LogP contribution in [0.1, 0.15) is 18.9 Å². The van der Waals surface area contributed by atoms with Crippen LogP contribution in [0, 0.1) is 18.8 Å². The van der Waals surface area contributed by atoms with Gasteiger partial charge in [0.15, 0.2) is 0 Å². The molecule has 0 bridgehead atoms. The molecule has 0 unspecified atom stereocenters. The van der Waals surface area contributed by atoms with Crippen LogP contribution in [-0.4, -0.2) is 5.75 Å². The number of anilines is 1. The van der Waals surface area contributed by atoms with Gasteiger partial charge in [-0.2, -0.15) is 0 Å². The van der Waals surface area contributed by atoms with Crippen molar-refractivity contribution in [1.82, 2.24) is 0 Å². The third-order valence-electron chi connectivity index (χ3n) is 1.83. The summed E-state index contributed by atoms with van der Waals surface area (Å²) in [5, 5.41) is 0. The van der Waals surface area contributed by atoms with Gasteiger partial charge in [0, 0.05) is 22.8 Å². The lowest BCUT2D eigenvalue weighted by Gasteiger charge is -2.04. The average molecular weight is 205 g/mol. The lowest BCUT2D eigenvalue weighted by molar-refractivity contribution is 1.28. The van der Waals surface area contributed by atoms with Gasteiger partial charge in [-0.15, -0.1) is 23.6 Å². The Morgan fingerprint density at radius 2 is 2.21 bits per heavy atom. The van der Waals surface area contributed by atoms with Crippen molar-refractivity contribution in [2.45, 2.75) is 25.2 Å². The molecule has 0 aliphatic rings. The molecule has 1 nitrogen and oxygen atoms in total. The summed E-state index contributed by atoms with van der Waals surface area (Å²) in [6, 6.07) is 6.17. The fourth-order valence-corrected chi connectivity index (χ4v) is 1.95. The molecule has 0 amide bonds. The Hall–Kier alpha value is -1.07. The number of thioether (sulfide) groups is 1. The molecule has 1 rings (SSSR count). The number of aryl methyl sites for hydroxylation is 1. The van der Waals surface area contributed by atoms with Gasteiger partial charge in [0.05, 0.1) is 0 Å². The molecule has 0 aromatic heterocycles. The third kappa shape index (κ3) is 3.35. The fraction of sp³-hybridized carbons (Fsp3) is 0.333. The van der Waals surface area contributed by atoms with Crippen molar-refractivity contribution < 1.29 is 0 Å². The Labute approximate surface area is 90.1 Å². The van der Waals surface area contributed by atoms with E-state index in [0.29, 0.717) is 0 Å². The van der Waals surface area contributed by atoms with Crippen LogP contribution in [0.3, 0.4) is 0 Å². The largest absolute Gasteiger partial charge is 0.398 e. The first-order valence-corrected chi connectivity index (χ1v) is 5.61. The molecule has 0 spiro atoms. The molecule has 2 N–H and O–H groups in total. The molecule has 0 radical (unpaired) electrons. The molecule has 0 atom stereocenters. The van der Waals surface area contributed by atoms with E-state index in [1.165, 1.54) is 5.56 Å². The highest BCUT2D eigenvalue weighted by Crippen LogP contribution is 2.25. The Morgan fingerprint density at radius 3 is 2.86 bits per heavy atom. The highest BCUT2D eigenvalue weighted by Gasteiger charge is 1.98. The second kappa shape index (κ2) is 5.62. The Morgan fingerprint density at radius 1 is 1.43 bits per heavy atom. The van der Waals surface area contributed by atoms with Crippen molar-refractivity contribution in [3.05, 3.63) is 23.8 Å². The highest BCUT2D eigenvalue weighted by atomic mass is 32.2. The first kappa shape index (κ1) is 11.0. The molecule has 0 saturated carbocycles. The van der Waals surface area contributed by atoms with Crippen LogP contribution in [0.15, 0.2) is 23.1 Å². The van der Waals surface area contributed by atoms with Crippen molar-refractivity contribution in [3.8, 4) is 11.8 Å². The Balaban J connectivity index is 2.53. The first-order valence-electron chi connectivity index (χ1n) is 4.62. The molecule has 74 valence electrons. The Bertz CT molecular complexity index is 360. The van der Waals surface area contributed by atoms with Gasteiger partial charge in [-0.1, -0.05) is 6.07 Å². The van der Waals surface area contributed by atoms with Crippen molar-refractivity contribution in [2.24, 2.45) is 0 Å². The summed E-state index contributed by atoms with van der Waals surface area (Å²) in [6.45, 7) is 3.91. The Kier molecular flexibility index (Phi) is 4.42. The summed E-state index contributed by atoms with van der Waals surface area (Å²) >= 11 is 1.77. The second-order valence-corrected chi connectivity index (χ2v) is 4.20. The maximum atomic E-state index is 5.88. The van der Waals surface area contributed by atoms with Gasteiger partial charge in [-0.25, -0.2) is 0 Å². The van der Waals surface area contributed by atoms with Gasteiger partial charge < -0.3 is 5.73 Å². The third-order valence-corrected chi connectivity index (χ3v) is 2.92. The van der Waals surface area contributed by atoms with Crippen molar-refractivity contribution >= 4 is 17.4 Å². The van der Waals surface area contributed by atoms with Gasteiger partial charge in [-0.05, 0) is 31.5 Å². The zero-order valence-corrected chi connectivity index (χ0v) is 9.45. The summed E-state index contributed by atoms with van der Waals surface area (Å²) in [5.74, 6) is 6.93. The maximum Gasteiger partial charge on any atom is 0.0454 e. The summed E-state index contributed by atoms with van der Waals surface area (Å²) in [7, 11) is 0. The second-order valence-electron chi connectivity index (χ2n) is 3.07. The number of nitrogen functional groups attached to an aromatic ring is 1. The van der Waals surface area contributed by atoms with Crippen LogP contribution in [0.4, 0.5) is 5.69 Å². The van der Waals surface area contributed by atoms with Crippen molar-refractivity contribution in [3.63, 3.8) is 0 Å². The molecule has 0 fully saturated rings. The summed E-state index contributed by atoms with van der Waals surface area (Å²) in [6.07, 6.45) is 0.925. The monoisotopic (exact) mass is 205 g/mol. The van der Waals surface area contributed by atoms with E-state index < -0.39 is 0 Å². The summed E-state index contributed by atoms with van der Waals surface area (Å²) in [5.41, 5.74) is 7.96. The summed E-state index contributed by atoms with van der Waals surface area (Å²) in [4.78, 5) is 1.16. The highest BCUT2D eigenvalue weighted by molar-refractivity contribution is 7.99. The van der Waals surface area contributed by atoms with E-state index in [2.05, 4.69) is 24.0 Å². The fourth-order valence-electron chi connectivity index (χ4n) is 1.14. The molecular formula is C12H15NS. The van der Waals surface area contributed by atoms with Crippen LogP contribution < -0.4 is 5.73 Å². The van der Waals surface area contributed by atoms with Gasteiger partial charge in [0.25, 0.3) is 0 Å². The van der Waals surface area contributed by atoms with Gasteiger partial charge in [0.2, 0.25) is 0 Å². The van der Waals surface area contributed by atoms with E-state index in [1.54, 1.807) is 11.8 Å². The van der Waals surface area contributed by atoms with E-state index in [-0.39, 0.29) is 0 Å². The quantitative estimate of drug-likeness (QED) is 0.355. The SMILES string of the molecule is CC#CCCSc1ccc(C)cc1N. The van der Waals surface area contributed by atoms with Gasteiger partial charge in [-0.3, -0.25) is 0 Å². The predicted molar refractivity (Wildman–Crippen MR) is 64.4 cm³/mol. The minimum Gasteiger partial charge on any atom is -0.398 e. The molecule has 2 heteroatoms. The summed E-state index contributed by atoms with van der Waals surface area (Å²) < 4.78 is 0. The average Bonchev–Trinajstić information content (AvgIpc) is 2.15. The van der Waals surface area contributed by atoms with Gasteiger partial charge >= 0.3 is 0 Å². The molecule has 0 heterocycles. The van der Waals surface area contributed by atoms with Gasteiger partial charge in [0.1, 0.15) is 0 Å². The zero-order valence-electron chi connectivity index (χ0n) is 8.63. The number of nitrogens with two attached hydrogens (primary N) is 1. The molecular weight excluding hydrogens is 190 g/mol. The van der Waals surface area contributed by atoms with E-state index in [1.807, 2.05) is 19.9 Å². The predicted octanol–water partition coefficient (Wildman–Crippen LogP) is 3.08. The number of hydrogen-bond acceptors (Lipinski definition) is 2. The molecule has 14 heavy (non-hydrogen) atoms. The normalized spacial score (nSPS) is 9.29. The zero-order chi connectivity index (χ0) is 10.4. The molecule has 1 aromatic carbocycles. The van der Waals surface area contributed by atoms with E-state index in [0.717, 1.165) is 22.8 Å².